The van der Waals surface area contributed by atoms with Gasteiger partial charge < -0.3 is 20.1 Å². The lowest BCUT2D eigenvalue weighted by Gasteiger charge is -2.50. The van der Waals surface area contributed by atoms with Crippen molar-refractivity contribution in [3.63, 3.8) is 0 Å². The first kappa shape index (κ1) is 25.5. The Hall–Kier alpha value is -3.76. The zero-order chi connectivity index (χ0) is 27.1. The third-order valence-electron chi connectivity index (χ3n) is 8.29. The monoisotopic (exact) mass is 588 g/mol. The number of H-pyrrole nitrogens is 1. The van der Waals surface area contributed by atoms with Crippen LogP contribution in [0.4, 0.5) is 21.1 Å². The minimum atomic E-state index is -1.17. The minimum absolute atomic E-state index is 0.112. The van der Waals surface area contributed by atoms with E-state index in [9.17, 15) is 14.7 Å². The number of halogens is 1. The Balaban J connectivity index is 1.34. The van der Waals surface area contributed by atoms with E-state index < -0.39 is 6.09 Å². The van der Waals surface area contributed by atoms with E-state index >= 15 is 0 Å². The van der Waals surface area contributed by atoms with Crippen molar-refractivity contribution in [1.29, 1.82) is 0 Å². The fraction of sp³-hybridized carbons (Fsp3) is 0.310. The lowest BCUT2D eigenvalue weighted by molar-refractivity contribution is -0.268. The molecule has 4 aromatic rings. The smallest absolute Gasteiger partial charge is 0.322 e. The van der Waals surface area contributed by atoms with Gasteiger partial charge in [0.05, 0.1) is 18.3 Å². The van der Waals surface area contributed by atoms with Crippen LogP contribution in [0.5, 0.6) is 0 Å². The van der Waals surface area contributed by atoms with Crippen LogP contribution in [0.2, 0.25) is 0 Å². The minimum Gasteiger partial charge on any atom is -0.498 e. The fourth-order valence-corrected chi connectivity index (χ4v) is 6.67. The molecule has 1 fully saturated rings. The van der Waals surface area contributed by atoms with E-state index in [2.05, 4.69) is 48.6 Å². The molecule has 200 valence electrons. The van der Waals surface area contributed by atoms with Crippen molar-refractivity contribution in [1.82, 2.24) is 24.6 Å². The summed E-state index contributed by atoms with van der Waals surface area (Å²) in [5.74, 6) is 0.447. The number of aromatic amines is 1. The van der Waals surface area contributed by atoms with Gasteiger partial charge in [0, 0.05) is 49.0 Å². The summed E-state index contributed by atoms with van der Waals surface area (Å²) in [4.78, 5) is 32.6. The molecule has 0 spiro atoms. The normalized spacial score (nSPS) is 22.9. The van der Waals surface area contributed by atoms with Gasteiger partial charge in [0.25, 0.3) is 6.09 Å². The van der Waals surface area contributed by atoms with Gasteiger partial charge in [-0.25, -0.2) is 9.28 Å². The summed E-state index contributed by atoms with van der Waals surface area (Å²) >= 11 is 3.42. The van der Waals surface area contributed by atoms with Crippen LogP contribution < -0.4 is 14.9 Å². The van der Waals surface area contributed by atoms with Gasteiger partial charge in [-0.3, -0.25) is 5.10 Å². The molecular formula is C29H29BrN6O3. The van der Waals surface area contributed by atoms with Crippen LogP contribution in [0.25, 0.3) is 10.9 Å². The number of amides is 3. The maximum absolute atomic E-state index is 13.1. The van der Waals surface area contributed by atoms with Crippen LogP contribution in [0, 0.1) is 6.92 Å². The standard InChI is InChI=1S/C29H29BrN6O3/c1-18-13-19(14-21-16-31-34-27(18)21)9-10-23-15-22(35-17-20-5-2-3-6-24(20)32-28(35)37)11-12-36(23,29(38)39)26-8-4-7-25(30)33-26/h2-8,13-14,16,22-23H,9-12,15,17H2,1H3,(H2-,31,32,34,37,38,39). The number of urea groups is 1. The number of hydrogen-bond donors (Lipinski definition) is 2. The highest BCUT2D eigenvalue weighted by atomic mass is 79.9. The average Bonchev–Trinajstić information content (AvgIpc) is 3.41. The van der Waals surface area contributed by atoms with Gasteiger partial charge in [-0.15, -0.1) is 0 Å². The van der Waals surface area contributed by atoms with E-state index in [1.54, 1.807) is 12.1 Å². The quantitative estimate of drug-likeness (QED) is 0.254. The summed E-state index contributed by atoms with van der Waals surface area (Å²) in [5.41, 5.74) is 5.10. The number of likely N-dealkylation sites (tertiary alicyclic amines) is 1. The number of aryl methyl sites for hydroxylation is 2. The van der Waals surface area contributed by atoms with Gasteiger partial charge in [0.2, 0.25) is 5.82 Å². The molecule has 2 aliphatic rings. The Kier molecular flexibility index (Phi) is 6.60. The number of rotatable bonds is 5. The molecule has 0 saturated carbocycles. The van der Waals surface area contributed by atoms with Crippen molar-refractivity contribution in [2.75, 3.05) is 11.9 Å². The highest BCUT2D eigenvalue weighted by molar-refractivity contribution is 9.10. The average molecular weight is 589 g/mol. The zero-order valence-corrected chi connectivity index (χ0v) is 23.1. The Labute approximate surface area is 234 Å². The number of carbonyl (C=O) groups excluding carboxylic acids is 2. The van der Waals surface area contributed by atoms with Gasteiger partial charge >= 0.3 is 6.03 Å². The van der Waals surface area contributed by atoms with Crippen LogP contribution in [0.3, 0.4) is 0 Å². The zero-order valence-electron chi connectivity index (χ0n) is 21.6. The Morgan fingerprint density at radius 3 is 2.87 bits per heavy atom. The second kappa shape index (κ2) is 10.1. The number of carboxylic acid groups (broad SMARTS) is 1. The number of pyridine rings is 1. The topological polar surface area (TPSA) is 114 Å². The van der Waals surface area contributed by atoms with Crippen molar-refractivity contribution >= 4 is 50.5 Å². The molecule has 2 N–H and O–H groups in total. The molecule has 2 aromatic heterocycles. The first-order valence-electron chi connectivity index (χ1n) is 13.2. The first-order valence-corrected chi connectivity index (χ1v) is 13.9. The third-order valence-corrected chi connectivity index (χ3v) is 8.73. The number of hydrogen-bond acceptors (Lipinski definition) is 5. The molecule has 2 aliphatic heterocycles. The van der Waals surface area contributed by atoms with Crippen molar-refractivity contribution in [3.8, 4) is 0 Å². The summed E-state index contributed by atoms with van der Waals surface area (Å²) in [6.45, 7) is 2.82. The number of nitrogens with zero attached hydrogens (tertiary/aromatic N) is 4. The molecule has 1 saturated heterocycles. The number of carbonyl (C=O) groups is 2. The van der Waals surface area contributed by atoms with Crippen LogP contribution in [-0.2, 0) is 13.0 Å². The van der Waals surface area contributed by atoms with E-state index in [-0.39, 0.29) is 29.1 Å². The number of anilines is 1. The van der Waals surface area contributed by atoms with Gasteiger partial charge in [0.15, 0.2) is 0 Å². The van der Waals surface area contributed by atoms with E-state index in [4.69, 9.17) is 0 Å². The van der Waals surface area contributed by atoms with Crippen molar-refractivity contribution in [2.24, 2.45) is 0 Å². The predicted octanol–water partition coefficient (Wildman–Crippen LogP) is 4.89. The summed E-state index contributed by atoms with van der Waals surface area (Å²) in [6.07, 6.45) is 2.95. The maximum Gasteiger partial charge on any atom is 0.322 e. The summed E-state index contributed by atoms with van der Waals surface area (Å²) < 4.78 is 0.210. The molecule has 4 heterocycles. The Morgan fingerprint density at radius 2 is 2.05 bits per heavy atom. The van der Waals surface area contributed by atoms with Gasteiger partial charge in [-0.05, 0) is 64.2 Å². The largest absolute Gasteiger partial charge is 0.498 e. The summed E-state index contributed by atoms with van der Waals surface area (Å²) in [7, 11) is 0. The summed E-state index contributed by atoms with van der Waals surface area (Å²) in [6, 6.07) is 16.8. The molecule has 0 bridgehead atoms. The maximum atomic E-state index is 13.1. The Morgan fingerprint density at radius 1 is 1.21 bits per heavy atom. The molecule has 0 radical (unpaired) electrons. The molecule has 3 unspecified atom stereocenters. The number of para-hydroxylation sites is 1. The van der Waals surface area contributed by atoms with Crippen molar-refractivity contribution < 1.29 is 14.7 Å². The molecule has 2 aromatic carbocycles. The number of fused-ring (bicyclic) bond motifs is 2. The number of piperidine rings is 1. The molecule has 9 nitrogen and oxygen atoms in total. The van der Waals surface area contributed by atoms with E-state index in [1.807, 2.05) is 48.4 Å². The van der Waals surface area contributed by atoms with Crippen molar-refractivity contribution in [3.05, 3.63) is 82.1 Å². The number of quaternary nitrogens is 1. The fourth-order valence-electron chi connectivity index (χ4n) is 6.33. The van der Waals surface area contributed by atoms with Gasteiger partial charge in [-0.1, -0.05) is 30.3 Å². The SMILES string of the molecule is Cc1cc(CCC2CC(N3Cc4ccccc4NC3=O)CC[N+]2(C(=O)[O-])c2cccc(Br)n2)cc2cn[nH]c12. The van der Waals surface area contributed by atoms with E-state index in [0.29, 0.717) is 42.6 Å². The van der Waals surface area contributed by atoms with E-state index in [1.165, 1.54) is 0 Å². The lowest BCUT2D eigenvalue weighted by atomic mass is 9.88. The third kappa shape index (κ3) is 4.57. The van der Waals surface area contributed by atoms with E-state index in [0.717, 1.165) is 33.3 Å². The second-order valence-electron chi connectivity index (χ2n) is 10.5. The van der Waals surface area contributed by atoms with Gasteiger partial charge in [-0.2, -0.15) is 10.1 Å². The molecule has 0 aliphatic carbocycles. The van der Waals surface area contributed by atoms with Crippen LogP contribution in [0.15, 0.2) is 65.4 Å². The molecule has 3 amide bonds. The number of aromatic nitrogens is 3. The van der Waals surface area contributed by atoms with Crippen molar-refractivity contribution in [2.45, 2.75) is 51.2 Å². The molecule has 10 heteroatoms. The van der Waals surface area contributed by atoms with Crippen LogP contribution >= 0.6 is 15.9 Å². The Bertz CT molecular complexity index is 1570. The molecule has 6 rings (SSSR count). The summed E-state index contributed by atoms with van der Waals surface area (Å²) in [5, 5.41) is 24.3. The molecular weight excluding hydrogens is 560 g/mol. The van der Waals surface area contributed by atoms with Crippen LogP contribution in [-0.4, -0.2) is 50.8 Å². The first-order chi connectivity index (χ1) is 18.8. The van der Waals surface area contributed by atoms with Crippen LogP contribution in [0.1, 0.15) is 36.0 Å². The second-order valence-corrected chi connectivity index (χ2v) is 11.3. The number of benzene rings is 2. The highest BCUT2D eigenvalue weighted by Gasteiger charge is 2.49. The van der Waals surface area contributed by atoms with Gasteiger partial charge in [0.1, 0.15) is 10.6 Å². The number of nitrogens with one attached hydrogen (secondary N) is 2. The highest BCUT2D eigenvalue weighted by Crippen LogP contribution is 2.38. The predicted molar refractivity (Wildman–Crippen MR) is 151 cm³/mol. The molecule has 3 atom stereocenters. The lowest BCUT2D eigenvalue weighted by Crippen LogP contribution is -2.70. The molecule has 39 heavy (non-hydrogen) atoms.